The second kappa shape index (κ2) is 6.66. The summed E-state index contributed by atoms with van der Waals surface area (Å²) in [6.45, 7) is 12.7. The van der Waals surface area contributed by atoms with Crippen LogP contribution in [-0.4, -0.2) is 43.2 Å². The van der Waals surface area contributed by atoms with E-state index < -0.39 is 43.2 Å². The molecule has 0 bridgehead atoms. The van der Waals surface area contributed by atoms with Crippen LogP contribution in [0, 0.1) is 0 Å². The van der Waals surface area contributed by atoms with E-state index in [9.17, 15) is 22.8 Å². The van der Waals surface area contributed by atoms with Crippen molar-refractivity contribution in [3.63, 3.8) is 0 Å². The highest BCUT2D eigenvalue weighted by atomic mass is 28.4. The van der Waals surface area contributed by atoms with Gasteiger partial charge in [0.05, 0.1) is 0 Å². The maximum atomic E-state index is 13.9. The van der Waals surface area contributed by atoms with E-state index in [-0.39, 0.29) is 0 Å². The van der Waals surface area contributed by atoms with Gasteiger partial charge in [-0.05, 0) is 61.2 Å². The van der Waals surface area contributed by atoms with Gasteiger partial charge < -0.3 is 13.9 Å². The van der Waals surface area contributed by atoms with Crippen molar-refractivity contribution in [1.29, 1.82) is 0 Å². The summed E-state index contributed by atoms with van der Waals surface area (Å²) in [7, 11) is -3.00. The fourth-order valence-electron chi connectivity index (χ4n) is 1.62. The van der Waals surface area contributed by atoms with Crippen molar-refractivity contribution < 1.29 is 36.7 Å². The number of halogens is 3. The largest absolute Gasteiger partial charge is 0.457 e. The van der Waals surface area contributed by atoms with Gasteiger partial charge >= 0.3 is 23.7 Å². The minimum atomic E-state index is -5.34. The van der Waals surface area contributed by atoms with Crippen LogP contribution in [0.2, 0.25) is 19.6 Å². The molecule has 0 aliphatic carbocycles. The van der Waals surface area contributed by atoms with E-state index in [0.29, 0.717) is 0 Å². The minimum Gasteiger partial charge on any atom is -0.457 e. The Morgan fingerprint density at radius 3 is 1.21 bits per heavy atom. The van der Waals surface area contributed by atoms with Crippen molar-refractivity contribution in [2.45, 2.75) is 84.2 Å². The lowest BCUT2D eigenvalue weighted by Gasteiger charge is -2.39. The Bertz CT molecular complexity index is 453. The highest BCUT2D eigenvalue weighted by molar-refractivity contribution is 6.70. The predicted molar refractivity (Wildman–Crippen MR) is 84.9 cm³/mol. The summed E-state index contributed by atoms with van der Waals surface area (Å²) in [6, 6.07) is 0. The molecule has 0 fully saturated rings. The van der Waals surface area contributed by atoms with Gasteiger partial charge in [0.2, 0.25) is 0 Å². The first-order valence-corrected chi connectivity index (χ1v) is 10.9. The molecule has 0 atom stereocenters. The molecular formula is C15H27F3O5Si. The van der Waals surface area contributed by atoms with E-state index in [4.69, 9.17) is 13.9 Å². The zero-order chi connectivity index (χ0) is 19.8. The highest BCUT2D eigenvalue weighted by Gasteiger charge is 2.72. The third kappa shape index (κ3) is 6.43. The highest BCUT2D eigenvalue weighted by Crippen LogP contribution is 2.40. The molecule has 0 saturated carbocycles. The van der Waals surface area contributed by atoms with Crippen LogP contribution in [0.3, 0.4) is 0 Å². The standard InChI is InChI=1S/C15H27F3O5Si/c1-12(2,3)21-10(19)14(15(16,17)18,23-24(7,8)9)11(20)22-13(4,5)6/h1-9H3. The van der Waals surface area contributed by atoms with Gasteiger partial charge in [0.15, 0.2) is 8.32 Å². The van der Waals surface area contributed by atoms with Crippen LogP contribution in [0.15, 0.2) is 0 Å². The first kappa shape index (κ1) is 22.9. The average Bonchev–Trinajstić information content (AvgIpc) is 2.16. The normalized spacial score (nSPS) is 14.3. The summed E-state index contributed by atoms with van der Waals surface area (Å²) >= 11 is 0. The first-order valence-electron chi connectivity index (χ1n) is 7.45. The molecule has 5 nitrogen and oxygen atoms in total. The van der Waals surface area contributed by atoms with Gasteiger partial charge in [-0.25, -0.2) is 9.59 Å². The number of ether oxygens (including phenoxy) is 2. The fourth-order valence-corrected chi connectivity index (χ4v) is 2.82. The van der Waals surface area contributed by atoms with Crippen LogP contribution in [0.4, 0.5) is 13.2 Å². The van der Waals surface area contributed by atoms with Gasteiger partial charge in [0.25, 0.3) is 0 Å². The average molecular weight is 372 g/mol. The number of carbonyl (C=O) groups excluding carboxylic acids is 2. The number of hydrogen-bond acceptors (Lipinski definition) is 5. The van der Waals surface area contributed by atoms with Gasteiger partial charge in [-0.15, -0.1) is 0 Å². The molecule has 0 aromatic carbocycles. The van der Waals surface area contributed by atoms with Crippen LogP contribution < -0.4 is 0 Å². The van der Waals surface area contributed by atoms with Crippen molar-refractivity contribution in [2.24, 2.45) is 0 Å². The van der Waals surface area contributed by atoms with Crippen LogP contribution in [0.1, 0.15) is 41.5 Å². The molecule has 24 heavy (non-hydrogen) atoms. The third-order valence-electron chi connectivity index (χ3n) is 2.23. The molecule has 142 valence electrons. The minimum absolute atomic E-state index is 1.24. The molecule has 0 N–H and O–H groups in total. The van der Waals surface area contributed by atoms with E-state index >= 15 is 0 Å². The van der Waals surface area contributed by atoms with Crippen molar-refractivity contribution in [3.05, 3.63) is 0 Å². The maximum Gasteiger partial charge on any atom is 0.438 e. The van der Waals surface area contributed by atoms with Crippen LogP contribution in [-0.2, 0) is 23.5 Å². The Labute approximate surface area is 142 Å². The monoisotopic (exact) mass is 372 g/mol. The number of carbonyl (C=O) groups is 2. The molecule has 9 heteroatoms. The smallest absolute Gasteiger partial charge is 0.438 e. The van der Waals surface area contributed by atoms with Crippen molar-refractivity contribution in [1.82, 2.24) is 0 Å². The molecule has 0 spiro atoms. The molecular weight excluding hydrogens is 345 g/mol. The number of esters is 2. The molecule has 0 aromatic rings. The molecule has 0 radical (unpaired) electrons. The molecule has 0 amide bonds. The summed E-state index contributed by atoms with van der Waals surface area (Å²) < 4.78 is 56.3. The Morgan fingerprint density at radius 2 is 1.04 bits per heavy atom. The Balaban J connectivity index is 6.28. The first-order chi connectivity index (χ1) is 10.2. The molecule has 0 aliphatic rings. The molecule has 0 rings (SSSR count). The van der Waals surface area contributed by atoms with Crippen LogP contribution >= 0.6 is 0 Å². The third-order valence-corrected chi connectivity index (χ3v) is 3.15. The van der Waals surface area contributed by atoms with Crippen LogP contribution in [0.25, 0.3) is 0 Å². The molecule has 0 saturated heterocycles. The summed E-state index contributed by atoms with van der Waals surface area (Å²) in [5.74, 6) is -3.64. The number of alkyl halides is 3. The summed E-state index contributed by atoms with van der Waals surface area (Å²) in [6.07, 6.45) is -5.34. The van der Waals surface area contributed by atoms with E-state index in [1.54, 1.807) is 0 Å². The quantitative estimate of drug-likeness (QED) is 0.426. The van der Waals surface area contributed by atoms with Gasteiger partial charge in [-0.3, -0.25) is 0 Å². The van der Waals surface area contributed by atoms with E-state index in [2.05, 4.69) is 0 Å². The Kier molecular flexibility index (Phi) is 6.36. The zero-order valence-corrected chi connectivity index (χ0v) is 16.7. The Morgan fingerprint density at radius 1 is 0.750 bits per heavy atom. The van der Waals surface area contributed by atoms with Crippen molar-refractivity contribution in [2.75, 3.05) is 0 Å². The van der Waals surface area contributed by atoms with Crippen LogP contribution in [0.5, 0.6) is 0 Å². The summed E-state index contributed by atoms with van der Waals surface area (Å²) in [5, 5.41) is 0. The lowest BCUT2D eigenvalue weighted by Crippen LogP contribution is -2.66. The van der Waals surface area contributed by atoms with Gasteiger partial charge in [-0.2, -0.15) is 13.2 Å². The van der Waals surface area contributed by atoms with Crippen molar-refractivity contribution >= 4 is 20.3 Å². The van der Waals surface area contributed by atoms with Gasteiger partial charge in [0.1, 0.15) is 11.2 Å². The molecule has 0 unspecified atom stereocenters. The fraction of sp³-hybridized carbons (Fsp3) is 0.867. The molecule has 0 aromatic heterocycles. The van der Waals surface area contributed by atoms with Crippen molar-refractivity contribution in [3.8, 4) is 0 Å². The Hall–Kier alpha value is -1.09. The molecule has 0 aliphatic heterocycles. The van der Waals surface area contributed by atoms with Gasteiger partial charge in [-0.1, -0.05) is 0 Å². The second-order valence-corrected chi connectivity index (χ2v) is 12.8. The van der Waals surface area contributed by atoms with E-state index in [1.807, 2.05) is 0 Å². The van der Waals surface area contributed by atoms with E-state index in [0.717, 1.165) is 0 Å². The van der Waals surface area contributed by atoms with Gasteiger partial charge in [0, 0.05) is 0 Å². The second-order valence-electron chi connectivity index (χ2n) is 8.40. The summed E-state index contributed by atoms with van der Waals surface area (Å²) in [5.41, 5.74) is -6.28. The number of hydrogen-bond donors (Lipinski definition) is 0. The van der Waals surface area contributed by atoms with E-state index in [1.165, 1.54) is 61.2 Å². The lowest BCUT2D eigenvalue weighted by atomic mass is 10.0. The lowest BCUT2D eigenvalue weighted by molar-refractivity contribution is -0.265. The number of rotatable bonds is 4. The topological polar surface area (TPSA) is 61.8 Å². The molecule has 0 heterocycles. The predicted octanol–water partition coefficient (Wildman–Crippen LogP) is 3.82. The SMILES string of the molecule is CC(C)(C)OC(=O)C(O[Si](C)(C)C)(C(=O)OC(C)(C)C)C(F)(F)F. The summed E-state index contributed by atoms with van der Waals surface area (Å²) in [4.78, 5) is 24.8. The maximum absolute atomic E-state index is 13.9. The zero-order valence-electron chi connectivity index (χ0n) is 15.7.